The van der Waals surface area contributed by atoms with Gasteiger partial charge in [-0.15, -0.1) is 0 Å². The van der Waals surface area contributed by atoms with E-state index in [1.807, 2.05) is 26.8 Å². The van der Waals surface area contributed by atoms with Crippen LogP contribution in [0, 0.1) is 20.8 Å². The zero-order chi connectivity index (χ0) is 15.9. The molecule has 4 nitrogen and oxygen atoms in total. The minimum atomic E-state index is -0.264. The van der Waals surface area contributed by atoms with Crippen molar-refractivity contribution in [2.24, 2.45) is 0 Å². The summed E-state index contributed by atoms with van der Waals surface area (Å²) < 4.78 is 11.2. The molecule has 3 rings (SSSR count). The van der Waals surface area contributed by atoms with Crippen LogP contribution in [0.15, 0.2) is 45.8 Å². The summed E-state index contributed by atoms with van der Waals surface area (Å²) in [6.45, 7) is 5.93. The quantitative estimate of drug-likeness (QED) is 0.769. The zero-order valence-electron chi connectivity index (χ0n) is 12.6. The monoisotopic (exact) mass is 296 g/mol. The Hall–Kier alpha value is -2.75. The Bertz CT molecular complexity index is 922. The molecule has 1 aromatic heterocycles. The number of phenols is 1. The van der Waals surface area contributed by atoms with Gasteiger partial charge in [-0.3, -0.25) is 4.79 Å². The van der Waals surface area contributed by atoms with Gasteiger partial charge in [0, 0.05) is 6.07 Å². The summed E-state index contributed by atoms with van der Waals surface area (Å²) in [4.78, 5) is 12.5. The summed E-state index contributed by atoms with van der Waals surface area (Å²) in [5.41, 5.74) is 3.21. The van der Waals surface area contributed by atoms with Crippen LogP contribution in [-0.2, 0) is 0 Å². The maximum Gasteiger partial charge on any atom is 0.235 e. The SMILES string of the molecule is Cc1cc(C)c(C)c(Oc2coc3cc(O)ccc3c2=O)c1. The van der Waals surface area contributed by atoms with Crippen molar-refractivity contribution in [1.29, 1.82) is 0 Å². The predicted octanol–water partition coefficient (Wildman–Crippen LogP) is 4.22. The van der Waals surface area contributed by atoms with Gasteiger partial charge in [0.15, 0.2) is 0 Å². The Morgan fingerprint density at radius 1 is 1.05 bits per heavy atom. The van der Waals surface area contributed by atoms with Crippen LogP contribution in [0.2, 0.25) is 0 Å². The highest BCUT2D eigenvalue weighted by atomic mass is 16.5. The van der Waals surface area contributed by atoms with Crippen LogP contribution in [0.4, 0.5) is 0 Å². The molecule has 0 saturated carbocycles. The second kappa shape index (κ2) is 5.22. The third kappa shape index (κ3) is 2.44. The van der Waals surface area contributed by atoms with Crippen molar-refractivity contribution >= 4 is 11.0 Å². The second-order valence-electron chi connectivity index (χ2n) is 5.42. The van der Waals surface area contributed by atoms with Crippen LogP contribution < -0.4 is 10.2 Å². The molecule has 112 valence electrons. The number of aromatic hydroxyl groups is 1. The van der Waals surface area contributed by atoms with Gasteiger partial charge >= 0.3 is 0 Å². The van der Waals surface area contributed by atoms with Gasteiger partial charge in [0.25, 0.3) is 0 Å². The third-order valence-electron chi connectivity index (χ3n) is 3.71. The molecular formula is C18H16O4. The van der Waals surface area contributed by atoms with E-state index in [0.717, 1.165) is 16.7 Å². The van der Waals surface area contributed by atoms with Crippen LogP contribution in [0.3, 0.4) is 0 Å². The van der Waals surface area contributed by atoms with Crippen molar-refractivity contribution in [2.75, 3.05) is 0 Å². The fraction of sp³-hybridized carbons (Fsp3) is 0.167. The van der Waals surface area contributed by atoms with E-state index in [9.17, 15) is 9.90 Å². The maximum atomic E-state index is 12.5. The molecule has 0 atom stereocenters. The van der Waals surface area contributed by atoms with Gasteiger partial charge in [0.05, 0.1) is 5.39 Å². The Balaban J connectivity index is 2.11. The summed E-state index contributed by atoms with van der Waals surface area (Å²) >= 11 is 0. The van der Waals surface area contributed by atoms with E-state index in [1.54, 1.807) is 0 Å². The number of rotatable bonds is 2. The average molecular weight is 296 g/mol. The number of hydrogen-bond donors (Lipinski definition) is 1. The Labute approximate surface area is 127 Å². The van der Waals surface area contributed by atoms with Crippen molar-refractivity contribution in [3.63, 3.8) is 0 Å². The lowest BCUT2D eigenvalue weighted by molar-refractivity contribution is 0.446. The van der Waals surface area contributed by atoms with E-state index < -0.39 is 0 Å². The van der Waals surface area contributed by atoms with Gasteiger partial charge in [-0.2, -0.15) is 0 Å². The molecule has 0 spiro atoms. The summed E-state index contributed by atoms with van der Waals surface area (Å²) in [6.07, 6.45) is 1.28. The highest BCUT2D eigenvalue weighted by Gasteiger charge is 2.12. The van der Waals surface area contributed by atoms with Crippen LogP contribution in [0.25, 0.3) is 11.0 Å². The van der Waals surface area contributed by atoms with Gasteiger partial charge < -0.3 is 14.3 Å². The third-order valence-corrected chi connectivity index (χ3v) is 3.71. The maximum absolute atomic E-state index is 12.5. The highest BCUT2D eigenvalue weighted by molar-refractivity contribution is 5.79. The fourth-order valence-electron chi connectivity index (χ4n) is 2.40. The minimum absolute atomic E-state index is 0.0504. The van der Waals surface area contributed by atoms with Crippen molar-refractivity contribution in [3.05, 3.63) is 63.5 Å². The first-order valence-corrected chi connectivity index (χ1v) is 6.96. The molecule has 0 fully saturated rings. The first-order valence-electron chi connectivity index (χ1n) is 6.96. The minimum Gasteiger partial charge on any atom is -0.508 e. The lowest BCUT2D eigenvalue weighted by Gasteiger charge is -2.11. The fourth-order valence-corrected chi connectivity index (χ4v) is 2.40. The summed E-state index contributed by atoms with van der Waals surface area (Å²) in [6, 6.07) is 8.34. The van der Waals surface area contributed by atoms with Crippen LogP contribution in [-0.4, -0.2) is 5.11 Å². The first-order chi connectivity index (χ1) is 10.5. The summed E-state index contributed by atoms with van der Waals surface area (Å²) in [7, 11) is 0. The number of hydrogen-bond acceptors (Lipinski definition) is 4. The average Bonchev–Trinajstić information content (AvgIpc) is 2.47. The largest absolute Gasteiger partial charge is 0.508 e. The molecule has 2 aromatic carbocycles. The van der Waals surface area contributed by atoms with Crippen molar-refractivity contribution < 1.29 is 14.3 Å². The molecule has 0 radical (unpaired) electrons. The number of aryl methyl sites for hydroxylation is 2. The van der Waals surface area contributed by atoms with E-state index in [-0.39, 0.29) is 16.9 Å². The molecule has 3 aromatic rings. The van der Waals surface area contributed by atoms with Gasteiger partial charge in [-0.1, -0.05) is 6.07 Å². The standard InChI is InChI=1S/C18H16O4/c1-10-6-11(2)12(3)15(7-10)22-17-9-21-16-8-13(19)4-5-14(16)18(17)20/h4-9,19H,1-3H3. The number of fused-ring (bicyclic) bond motifs is 1. The molecule has 0 saturated heterocycles. The first kappa shape index (κ1) is 14.2. The van der Waals surface area contributed by atoms with Crippen molar-refractivity contribution in [2.45, 2.75) is 20.8 Å². The molecule has 0 amide bonds. The number of phenolic OH excluding ortho intramolecular Hbond substituents is 1. The smallest absolute Gasteiger partial charge is 0.235 e. The highest BCUT2D eigenvalue weighted by Crippen LogP contribution is 2.28. The Morgan fingerprint density at radius 3 is 2.59 bits per heavy atom. The van der Waals surface area contributed by atoms with Crippen LogP contribution in [0.5, 0.6) is 17.2 Å². The van der Waals surface area contributed by atoms with Crippen LogP contribution in [0.1, 0.15) is 16.7 Å². The lowest BCUT2D eigenvalue weighted by atomic mass is 10.1. The number of benzene rings is 2. The van der Waals surface area contributed by atoms with E-state index in [4.69, 9.17) is 9.15 Å². The number of ether oxygens (including phenoxy) is 1. The topological polar surface area (TPSA) is 59.7 Å². The van der Waals surface area contributed by atoms with Gasteiger partial charge in [-0.05, 0) is 55.7 Å². The molecule has 0 bridgehead atoms. The lowest BCUT2D eigenvalue weighted by Crippen LogP contribution is -2.05. The molecule has 0 aliphatic heterocycles. The van der Waals surface area contributed by atoms with Gasteiger partial charge in [0.2, 0.25) is 11.2 Å². The van der Waals surface area contributed by atoms with Gasteiger partial charge in [0.1, 0.15) is 23.3 Å². The van der Waals surface area contributed by atoms with E-state index in [1.165, 1.54) is 24.5 Å². The predicted molar refractivity (Wildman–Crippen MR) is 84.9 cm³/mol. The molecule has 1 heterocycles. The molecule has 4 heteroatoms. The molecule has 22 heavy (non-hydrogen) atoms. The summed E-state index contributed by atoms with van der Waals surface area (Å²) in [5.74, 6) is 0.823. The Kier molecular flexibility index (Phi) is 3.37. The van der Waals surface area contributed by atoms with Crippen molar-refractivity contribution in [3.8, 4) is 17.2 Å². The second-order valence-corrected chi connectivity index (χ2v) is 5.42. The Morgan fingerprint density at radius 2 is 1.82 bits per heavy atom. The summed E-state index contributed by atoms with van der Waals surface area (Å²) in [5, 5.41) is 9.80. The van der Waals surface area contributed by atoms with E-state index >= 15 is 0 Å². The van der Waals surface area contributed by atoms with Gasteiger partial charge in [-0.25, -0.2) is 0 Å². The molecule has 1 N–H and O–H groups in total. The molecular weight excluding hydrogens is 280 g/mol. The van der Waals surface area contributed by atoms with Crippen molar-refractivity contribution in [1.82, 2.24) is 0 Å². The normalized spacial score (nSPS) is 10.9. The van der Waals surface area contributed by atoms with Crippen LogP contribution >= 0.6 is 0 Å². The molecule has 0 aliphatic carbocycles. The molecule has 0 aliphatic rings. The molecule has 0 unspecified atom stereocenters. The van der Waals surface area contributed by atoms with E-state index in [2.05, 4.69) is 6.07 Å². The van der Waals surface area contributed by atoms with E-state index in [0.29, 0.717) is 16.7 Å². The zero-order valence-corrected chi connectivity index (χ0v) is 12.6.